The van der Waals surface area contributed by atoms with Crippen molar-refractivity contribution in [3.8, 4) is 23.1 Å². The van der Waals surface area contributed by atoms with Crippen molar-refractivity contribution >= 4 is 28.3 Å². The highest BCUT2D eigenvalue weighted by Crippen LogP contribution is 2.36. The minimum atomic E-state index is -0.670. The van der Waals surface area contributed by atoms with E-state index in [1.54, 1.807) is 36.2 Å². The lowest BCUT2D eigenvalue weighted by Gasteiger charge is -2.16. The fraction of sp³-hybridized carbons (Fsp3) is 0.379. The van der Waals surface area contributed by atoms with E-state index in [2.05, 4.69) is 30.6 Å². The lowest BCUT2D eigenvalue weighted by Crippen LogP contribution is -2.21. The molecule has 1 fully saturated rings. The number of ether oxygens (including phenoxy) is 3. The van der Waals surface area contributed by atoms with Crippen molar-refractivity contribution < 1.29 is 23.4 Å². The number of fused-ring (bicyclic) bond motifs is 1. The summed E-state index contributed by atoms with van der Waals surface area (Å²) in [6.07, 6.45) is 8.04. The third kappa shape index (κ3) is 7.01. The number of halogens is 1. The van der Waals surface area contributed by atoms with Crippen LogP contribution in [0.2, 0.25) is 0 Å². The van der Waals surface area contributed by atoms with Gasteiger partial charge in [-0.2, -0.15) is 5.10 Å². The minimum absolute atomic E-state index is 0.00756. The Morgan fingerprint density at radius 3 is 2.66 bits per heavy atom. The van der Waals surface area contributed by atoms with Gasteiger partial charge in [0.2, 0.25) is 5.88 Å². The average molecular weight is 564 g/mol. The number of methoxy groups -OCH3 is 1. The molecule has 1 aliphatic rings. The molecular weight excluding hydrogens is 529 g/mol. The molecule has 2 amide bonds. The number of rotatable bonds is 11. The van der Waals surface area contributed by atoms with Crippen LogP contribution in [-0.2, 0) is 0 Å². The second kappa shape index (κ2) is 12.8. The molecule has 2 aromatic carbocycles. The molecule has 216 valence electrons. The number of anilines is 2. The van der Waals surface area contributed by atoms with E-state index in [9.17, 15) is 9.18 Å². The van der Waals surface area contributed by atoms with Crippen LogP contribution in [0.3, 0.4) is 0 Å². The maximum absolute atomic E-state index is 14.9. The molecule has 0 aliphatic carbocycles. The van der Waals surface area contributed by atoms with Crippen LogP contribution in [0.25, 0.3) is 10.9 Å². The van der Waals surface area contributed by atoms with Crippen LogP contribution in [0.4, 0.5) is 20.6 Å². The highest BCUT2D eigenvalue weighted by molar-refractivity contribution is 5.99. The first kappa shape index (κ1) is 28.1. The van der Waals surface area contributed by atoms with Gasteiger partial charge in [0.1, 0.15) is 17.9 Å². The number of nitrogens with one attached hydrogen (secondary N) is 2. The molecule has 2 aromatic heterocycles. The highest BCUT2D eigenvalue weighted by Gasteiger charge is 2.16. The van der Waals surface area contributed by atoms with Crippen molar-refractivity contribution in [3.05, 3.63) is 54.9 Å². The molecule has 0 unspecified atom stereocenters. The number of hydrogen-bond donors (Lipinski definition) is 2. The maximum Gasteiger partial charge on any atom is 0.323 e. The van der Waals surface area contributed by atoms with E-state index >= 15 is 0 Å². The van der Waals surface area contributed by atoms with Crippen molar-refractivity contribution in [1.82, 2.24) is 24.6 Å². The SMILES string of the molecule is COc1cc2c(Oc3ccc(NC(=O)Nc4cnn(C(C)C)c4)c(F)c3)ncnc2cc1OCCCN1CCCC1. The van der Waals surface area contributed by atoms with E-state index in [0.717, 1.165) is 26.1 Å². The van der Waals surface area contributed by atoms with Crippen molar-refractivity contribution in [1.29, 1.82) is 0 Å². The van der Waals surface area contributed by atoms with Crippen LogP contribution in [0, 0.1) is 5.82 Å². The molecular formula is C29H34FN7O4. The van der Waals surface area contributed by atoms with Gasteiger partial charge in [0.25, 0.3) is 0 Å². The molecule has 2 N–H and O–H groups in total. The lowest BCUT2D eigenvalue weighted by atomic mass is 10.2. The Morgan fingerprint density at radius 2 is 1.93 bits per heavy atom. The van der Waals surface area contributed by atoms with Gasteiger partial charge in [-0.25, -0.2) is 19.2 Å². The molecule has 0 bridgehead atoms. The Kier molecular flexibility index (Phi) is 8.78. The molecule has 0 spiro atoms. The summed E-state index contributed by atoms with van der Waals surface area (Å²) in [4.78, 5) is 23.4. The average Bonchev–Trinajstić information content (AvgIpc) is 3.65. The summed E-state index contributed by atoms with van der Waals surface area (Å²) in [6, 6.07) is 7.22. The number of amides is 2. The van der Waals surface area contributed by atoms with Gasteiger partial charge < -0.3 is 29.7 Å². The molecule has 1 saturated heterocycles. The van der Waals surface area contributed by atoms with Crippen molar-refractivity contribution in [2.24, 2.45) is 0 Å². The molecule has 0 atom stereocenters. The Morgan fingerprint density at radius 1 is 1.10 bits per heavy atom. The summed E-state index contributed by atoms with van der Waals surface area (Å²) in [5.41, 5.74) is 1.09. The number of hydrogen-bond acceptors (Lipinski definition) is 8. The van der Waals surface area contributed by atoms with Crippen molar-refractivity contribution in [2.75, 3.05) is 44.0 Å². The lowest BCUT2D eigenvalue weighted by molar-refractivity contribution is 0.254. The molecule has 1 aliphatic heterocycles. The zero-order valence-corrected chi connectivity index (χ0v) is 23.4. The van der Waals surface area contributed by atoms with Gasteiger partial charge in [-0.15, -0.1) is 0 Å². The summed E-state index contributed by atoms with van der Waals surface area (Å²) in [5, 5.41) is 9.89. The normalized spacial score (nSPS) is 13.5. The van der Waals surface area contributed by atoms with Crippen LogP contribution < -0.4 is 24.8 Å². The van der Waals surface area contributed by atoms with Gasteiger partial charge in [0, 0.05) is 30.9 Å². The summed E-state index contributed by atoms with van der Waals surface area (Å²) >= 11 is 0. The van der Waals surface area contributed by atoms with E-state index in [1.807, 2.05) is 13.8 Å². The number of benzene rings is 2. The van der Waals surface area contributed by atoms with Crippen molar-refractivity contribution in [3.63, 3.8) is 0 Å². The number of urea groups is 1. The Balaban J connectivity index is 1.24. The number of nitrogens with zero attached hydrogens (tertiary/aromatic N) is 5. The third-order valence-corrected chi connectivity index (χ3v) is 6.75. The van der Waals surface area contributed by atoms with Crippen LogP contribution >= 0.6 is 0 Å². The molecule has 5 rings (SSSR count). The van der Waals surface area contributed by atoms with Crippen LogP contribution in [0.15, 0.2) is 49.1 Å². The van der Waals surface area contributed by atoms with Gasteiger partial charge in [0.15, 0.2) is 11.5 Å². The van der Waals surface area contributed by atoms with E-state index in [0.29, 0.717) is 34.7 Å². The largest absolute Gasteiger partial charge is 0.493 e. The Bertz CT molecular complexity index is 1500. The van der Waals surface area contributed by atoms with E-state index < -0.39 is 11.8 Å². The number of carbonyl (C=O) groups is 1. The minimum Gasteiger partial charge on any atom is -0.493 e. The first-order valence-corrected chi connectivity index (χ1v) is 13.7. The van der Waals surface area contributed by atoms with Gasteiger partial charge in [-0.3, -0.25) is 4.68 Å². The van der Waals surface area contributed by atoms with Gasteiger partial charge in [-0.1, -0.05) is 0 Å². The monoisotopic (exact) mass is 563 g/mol. The van der Waals surface area contributed by atoms with E-state index in [1.165, 1.54) is 37.5 Å². The van der Waals surface area contributed by atoms with E-state index in [-0.39, 0.29) is 23.4 Å². The summed E-state index contributed by atoms with van der Waals surface area (Å²) < 4.78 is 34.1. The fourth-order valence-electron chi connectivity index (χ4n) is 4.61. The molecule has 0 radical (unpaired) electrons. The molecule has 3 heterocycles. The van der Waals surface area contributed by atoms with E-state index in [4.69, 9.17) is 14.2 Å². The first-order chi connectivity index (χ1) is 19.9. The Hall–Kier alpha value is -4.45. The zero-order valence-electron chi connectivity index (χ0n) is 23.4. The van der Waals surface area contributed by atoms with Gasteiger partial charge in [-0.05, 0) is 64.4 Å². The maximum atomic E-state index is 14.9. The fourth-order valence-corrected chi connectivity index (χ4v) is 4.61. The molecule has 0 saturated carbocycles. The van der Waals surface area contributed by atoms with Gasteiger partial charge in [0.05, 0.1) is 42.2 Å². The number of likely N-dealkylation sites (tertiary alicyclic amines) is 1. The Labute approximate surface area is 237 Å². The molecule has 12 heteroatoms. The van der Waals surface area contributed by atoms with Crippen molar-refractivity contribution in [2.45, 2.75) is 39.2 Å². The van der Waals surface area contributed by atoms with Crippen LogP contribution in [0.1, 0.15) is 39.2 Å². The quantitative estimate of drug-likeness (QED) is 0.218. The summed E-state index contributed by atoms with van der Waals surface area (Å²) in [7, 11) is 1.57. The standard InChI is InChI=1S/C29H34FN7O4/c1-19(2)37-17-20(16-33-37)34-29(38)35-24-8-7-21(13-23(24)30)41-28-22-14-26(39-3)27(15-25(22)31-18-32-28)40-12-6-11-36-9-4-5-10-36/h7-8,13-19H,4-6,9-12H2,1-3H3,(H2,34,35,38). The summed E-state index contributed by atoms with van der Waals surface area (Å²) in [6.45, 7) is 7.83. The second-order valence-electron chi connectivity index (χ2n) is 10.1. The third-order valence-electron chi connectivity index (χ3n) is 6.75. The highest BCUT2D eigenvalue weighted by atomic mass is 19.1. The topological polar surface area (TPSA) is 116 Å². The predicted octanol–water partition coefficient (Wildman–Crippen LogP) is 5.86. The van der Waals surface area contributed by atoms with Crippen LogP contribution in [0.5, 0.6) is 23.1 Å². The molecule has 4 aromatic rings. The summed E-state index contributed by atoms with van der Waals surface area (Å²) in [5.74, 6) is 0.870. The van der Waals surface area contributed by atoms with Crippen LogP contribution in [-0.4, -0.2) is 64.0 Å². The molecule has 11 nitrogen and oxygen atoms in total. The smallest absolute Gasteiger partial charge is 0.323 e. The van der Waals surface area contributed by atoms with Gasteiger partial charge >= 0.3 is 6.03 Å². The second-order valence-corrected chi connectivity index (χ2v) is 10.1. The molecule has 41 heavy (non-hydrogen) atoms. The first-order valence-electron chi connectivity index (χ1n) is 13.7. The number of aromatic nitrogens is 4. The zero-order chi connectivity index (χ0) is 28.8. The number of carbonyl (C=O) groups excluding carboxylic acids is 1. The predicted molar refractivity (Wildman–Crippen MR) is 154 cm³/mol.